The standard InChI is InChI=1S/C23H12I2O2S2/c24-11-9-14(19(26)15(25)10-11)18-22-20(12-5-1-3-7-16(12)28-22)27-21-13-6-2-4-8-17(13)29-23(18)21/h1-10,18,26H. The van der Waals surface area contributed by atoms with Gasteiger partial charge >= 0.3 is 0 Å². The summed E-state index contributed by atoms with van der Waals surface area (Å²) in [4.78, 5) is 2.33. The SMILES string of the molecule is Oc1c(I)cc(I)cc1C1c2sc3ccccc3c2Oc2c1sc1ccccc21. The first-order valence-corrected chi connectivity index (χ1v) is 12.8. The second-order valence-electron chi connectivity index (χ2n) is 6.94. The van der Waals surface area contributed by atoms with Crippen molar-refractivity contribution < 1.29 is 9.84 Å². The number of halogens is 2. The minimum Gasteiger partial charge on any atom is -0.507 e. The summed E-state index contributed by atoms with van der Waals surface area (Å²) in [5.74, 6) is 2.19. The molecule has 142 valence electrons. The summed E-state index contributed by atoms with van der Waals surface area (Å²) >= 11 is 8.08. The summed E-state index contributed by atoms with van der Waals surface area (Å²) in [7, 11) is 0. The molecule has 0 spiro atoms. The van der Waals surface area contributed by atoms with Crippen molar-refractivity contribution in [1.82, 2.24) is 0 Å². The Balaban J connectivity index is 1.73. The minimum atomic E-state index is -0.0354. The van der Waals surface area contributed by atoms with Crippen molar-refractivity contribution >= 4 is 88.0 Å². The highest BCUT2D eigenvalue weighted by molar-refractivity contribution is 14.1. The fraction of sp³-hybridized carbons (Fsp3) is 0.0435. The first-order chi connectivity index (χ1) is 14.1. The first kappa shape index (κ1) is 18.4. The van der Waals surface area contributed by atoms with Crippen molar-refractivity contribution in [3.8, 4) is 17.2 Å². The van der Waals surface area contributed by atoms with Crippen LogP contribution in [0.4, 0.5) is 0 Å². The Kier molecular flexibility index (Phi) is 4.34. The van der Waals surface area contributed by atoms with Crippen LogP contribution >= 0.6 is 67.9 Å². The molecule has 2 aromatic heterocycles. The Morgan fingerprint density at radius 2 is 1.34 bits per heavy atom. The highest BCUT2D eigenvalue weighted by atomic mass is 127. The van der Waals surface area contributed by atoms with Gasteiger partial charge in [-0.05, 0) is 81.6 Å². The molecule has 5 aromatic rings. The number of thiophene rings is 2. The zero-order valence-electron chi connectivity index (χ0n) is 14.8. The second-order valence-corrected chi connectivity index (χ2v) is 11.5. The third-order valence-corrected chi connectivity index (χ3v) is 9.13. The van der Waals surface area contributed by atoms with Crippen LogP contribution in [0, 0.1) is 7.14 Å². The molecular weight excluding hydrogens is 626 g/mol. The Bertz CT molecular complexity index is 1350. The summed E-state index contributed by atoms with van der Waals surface area (Å²) in [6.45, 7) is 0. The van der Waals surface area contributed by atoms with E-state index >= 15 is 0 Å². The molecule has 0 aliphatic carbocycles. The topological polar surface area (TPSA) is 29.5 Å². The predicted octanol–water partition coefficient (Wildman–Crippen LogP) is 8.32. The van der Waals surface area contributed by atoms with Crippen LogP contribution in [0.2, 0.25) is 0 Å². The lowest BCUT2D eigenvalue weighted by Crippen LogP contribution is -2.08. The zero-order valence-corrected chi connectivity index (χ0v) is 20.7. The lowest BCUT2D eigenvalue weighted by Gasteiger charge is -2.25. The van der Waals surface area contributed by atoms with Gasteiger partial charge in [0.25, 0.3) is 0 Å². The molecule has 3 aromatic carbocycles. The van der Waals surface area contributed by atoms with Gasteiger partial charge in [-0.3, -0.25) is 0 Å². The van der Waals surface area contributed by atoms with Crippen molar-refractivity contribution in [2.24, 2.45) is 0 Å². The molecule has 6 rings (SSSR count). The molecule has 1 N–H and O–H groups in total. The highest BCUT2D eigenvalue weighted by Gasteiger charge is 2.36. The van der Waals surface area contributed by atoms with E-state index in [0.717, 1.165) is 35.0 Å². The summed E-state index contributed by atoms with van der Waals surface area (Å²) in [5.41, 5.74) is 0.949. The van der Waals surface area contributed by atoms with Crippen LogP contribution in [-0.2, 0) is 0 Å². The minimum absolute atomic E-state index is 0.0354. The molecule has 0 radical (unpaired) electrons. The molecule has 0 saturated carbocycles. The molecule has 6 heteroatoms. The predicted molar refractivity (Wildman–Crippen MR) is 138 cm³/mol. The van der Waals surface area contributed by atoms with Crippen LogP contribution in [0.1, 0.15) is 21.2 Å². The molecule has 0 fully saturated rings. The summed E-state index contributed by atoms with van der Waals surface area (Å²) < 4.78 is 11.0. The van der Waals surface area contributed by atoms with Crippen molar-refractivity contribution in [3.05, 3.63) is 83.1 Å². The maximum Gasteiger partial charge on any atom is 0.150 e. The largest absolute Gasteiger partial charge is 0.507 e. The maximum atomic E-state index is 11.0. The number of phenols is 1. The lowest BCUT2D eigenvalue weighted by atomic mass is 9.91. The Labute approximate surface area is 202 Å². The molecule has 0 saturated heterocycles. The van der Waals surface area contributed by atoms with E-state index in [1.807, 2.05) is 6.07 Å². The summed E-state index contributed by atoms with van der Waals surface area (Å²) in [6, 6.07) is 20.9. The van der Waals surface area contributed by atoms with E-state index in [0.29, 0.717) is 5.75 Å². The van der Waals surface area contributed by atoms with E-state index in [1.54, 1.807) is 22.7 Å². The van der Waals surface area contributed by atoms with E-state index in [1.165, 1.54) is 19.2 Å². The number of phenolic OH excluding ortho intramolecular Hbond substituents is 1. The van der Waals surface area contributed by atoms with E-state index in [2.05, 4.69) is 99.8 Å². The monoisotopic (exact) mass is 638 g/mol. The van der Waals surface area contributed by atoms with Gasteiger partial charge in [-0.25, -0.2) is 0 Å². The van der Waals surface area contributed by atoms with Gasteiger partial charge in [-0.15, -0.1) is 22.7 Å². The fourth-order valence-electron chi connectivity index (χ4n) is 3.98. The van der Waals surface area contributed by atoms with Crippen LogP contribution < -0.4 is 4.74 Å². The van der Waals surface area contributed by atoms with Gasteiger partial charge < -0.3 is 9.84 Å². The highest BCUT2D eigenvalue weighted by Crippen LogP contribution is 2.59. The van der Waals surface area contributed by atoms with Crippen LogP contribution in [0.3, 0.4) is 0 Å². The van der Waals surface area contributed by atoms with Gasteiger partial charge in [0.1, 0.15) is 17.2 Å². The Hall–Kier alpha value is -1.36. The van der Waals surface area contributed by atoms with Gasteiger partial charge in [0.2, 0.25) is 0 Å². The van der Waals surface area contributed by atoms with Crippen molar-refractivity contribution in [2.45, 2.75) is 5.92 Å². The number of hydrogen-bond donors (Lipinski definition) is 1. The first-order valence-electron chi connectivity index (χ1n) is 9.00. The summed E-state index contributed by atoms with van der Waals surface area (Å²) in [5, 5.41) is 13.3. The van der Waals surface area contributed by atoms with Crippen LogP contribution in [-0.4, -0.2) is 5.11 Å². The Morgan fingerprint density at radius 1 is 0.793 bits per heavy atom. The van der Waals surface area contributed by atoms with E-state index in [9.17, 15) is 5.11 Å². The normalized spacial score (nSPS) is 13.4. The molecule has 0 unspecified atom stereocenters. The van der Waals surface area contributed by atoms with Crippen LogP contribution in [0.5, 0.6) is 17.2 Å². The van der Waals surface area contributed by atoms with Crippen molar-refractivity contribution in [3.63, 3.8) is 0 Å². The fourth-order valence-corrected chi connectivity index (χ4v) is 8.47. The van der Waals surface area contributed by atoms with Crippen LogP contribution in [0.15, 0.2) is 60.7 Å². The quantitative estimate of drug-likeness (QED) is 0.184. The van der Waals surface area contributed by atoms with Gasteiger partial charge in [-0.1, -0.05) is 24.3 Å². The smallest absolute Gasteiger partial charge is 0.150 e. The molecule has 0 bridgehead atoms. The molecule has 2 nitrogen and oxygen atoms in total. The third kappa shape index (κ3) is 2.75. The van der Waals surface area contributed by atoms with Crippen LogP contribution in [0.25, 0.3) is 20.2 Å². The molecule has 29 heavy (non-hydrogen) atoms. The molecule has 0 amide bonds. The van der Waals surface area contributed by atoms with E-state index in [-0.39, 0.29) is 5.92 Å². The number of ether oxygens (including phenoxy) is 1. The number of benzene rings is 3. The number of rotatable bonds is 1. The molecule has 0 atom stereocenters. The van der Waals surface area contributed by atoms with E-state index in [4.69, 9.17) is 4.74 Å². The Morgan fingerprint density at radius 3 is 1.93 bits per heavy atom. The van der Waals surface area contributed by atoms with Crippen molar-refractivity contribution in [1.29, 1.82) is 0 Å². The van der Waals surface area contributed by atoms with E-state index < -0.39 is 0 Å². The average Bonchev–Trinajstić information content (AvgIpc) is 3.27. The van der Waals surface area contributed by atoms with Crippen molar-refractivity contribution in [2.75, 3.05) is 0 Å². The molecule has 1 aliphatic rings. The van der Waals surface area contributed by atoms with Gasteiger partial charge in [0.05, 0.1) is 19.2 Å². The number of fused-ring (bicyclic) bond motifs is 6. The molecular formula is C23H12I2O2S2. The summed E-state index contributed by atoms with van der Waals surface area (Å²) in [6.07, 6.45) is 0. The van der Waals surface area contributed by atoms with Gasteiger partial charge in [-0.2, -0.15) is 0 Å². The third-order valence-electron chi connectivity index (χ3n) is 5.25. The lowest BCUT2D eigenvalue weighted by molar-refractivity contribution is 0.453. The maximum absolute atomic E-state index is 11.0. The number of aromatic hydroxyl groups is 1. The molecule has 1 aliphatic heterocycles. The van der Waals surface area contributed by atoms with Gasteiger partial charge in [0.15, 0.2) is 0 Å². The molecule has 3 heterocycles. The van der Waals surface area contributed by atoms with Gasteiger partial charge in [0, 0.05) is 29.3 Å². The number of hydrogen-bond acceptors (Lipinski definition) is 4. The zero-order chi connectivity index (χ0) is 19.7. The second kappa shape index (κ2) is 6.83. The average molecular weight is 638 g/mol.